The highest BCUT2D eigenvalue weighted by molar-refractivity contribution is 7.91. The van der Waals surface area contributed by atoms with Crippen LogP contribution >= 0.6 is 11.3 Å². The van der Waals surface area contributed by atoms with Crippen molar-refractivity contribution in [3.63, 3.8) is 0 Å². The molecule has 5 atom stereocenters. The van der Waals surface area contributed by atoms with Gasteiger partial charge in [-0.3, -0.25) is 19.1 Å². The second-order valence-electron chi connectivity index (χ2n) is 15.7. The minimum absolute atomic E-state index is 0.202. The number of fused-ring (bicyclic) bond motifs is 2. The molecule has 11 nitrogen and oxygen atoms in total. The van der Waals surface area contributed by atoms with Gasteiger partial charge in [0.15, 0.2) is 5.13 Å². The van der Waals surface area contributed by atoms with E-state index in [0.717, 1.165) is 47.4 Å². The molecule has 3 N–H and O–H groups in total. The Balaban J connectivity index is 1.20. The van der Waals surface area contributed by atoms with Crippen LogP contribution in [0.25, 0.3) is 21.7 Å². The molecule has 282 valence electrons. The van der Waals surface area contributed by atoms with Crippen LogP contribution in [0.5, 0.6) is 0 Å². The van der Waals surface area contributed by atoms with Crippen molar-refractivity contribution >= 4 is 44.2 Å². The Morgan fingerprint density at radius 1 is 0.981 bits per heavy atom. The highest BCUT2D eigenvalue weighted by Crippen LogP contribution is 2.46. The molecule has 2 saturated carbocycles. The fourth-order valence-electron chi connectivity index (χ4n) is 7.46. The Hall–Kier alpha value is -4.07. The van der Waals surface area contributed by atoms with E-state index in [1.54, 1.807) is 4.90 Å². The molecule has 0 radical (unpaired) electrons. The van der Waals surface area contributed by atoms with E-state index in [0.29, 0.717) is 24.4 Å². The van der Waals surface area contributed by atoms with Crippen LogP contribution in [0.1, 0.15) is 78.6 Å². The molecule has 4 aliphatic rings. The van der Waals surface area contributed by atoms with Gasteiger partial charge >= 0.3 is 0 Å². The van der Waals surface area contributed by atoms with E-state index in [1.165, 1.54) is 11.3 Å². The van der Waals surface area contributed by atoms with Gasteiger partial charge in [-0.25, -0.2) is 13.4 Å². The molecule has 0 unspecified atom stereocenters. The summed E-state index contributed by atoms with van der Waals surface area (Å²) in [6.45, 7) is 6.02. The lowest BCUT2D eigenvalue weighted by Crippen LogP contribution is -2.57. The van der Waals surface area contributed by atoms with Crippen LogP contribution in [0.3, 0.4) is 0 Å². The minimum atomic E-state index is -3.83. The summed E-state index contributed by atoms with van der Waals surface area (Å²) in [5, 5.41) is 6.48. The lowest BCUT2D eigenvalue weighted by atomic mass is 10.0. The number of nitrogens with one attached hydrogen (secondary N) is 3. The van der Waals surface area contributed by atoms with Crippen LogP contribution in [-0.2, 0) is 29.1 Å². The zero-order chi connectivity index (χ0) is 37.4. The summed E-state index contributed by atoms with van der Waals surface area (Å²) in [5.41, 5.74) is 0.888. The summed E-state index contributed by atoms with van der Waals surface area (Å²) < 4.78 is 34.2. The maximum atomic E-state index is 14.8. The summed E-state index contributed by atoms with van der Waals surface area (Å²) >= 11 is 1.49. The average Bonchev–Trinajstić information content (AvgIpc) is 4.02. The number of carbonyl (C=O) groups is 3. The number of aromatic nitrogens is 1. The summed E-state index contributed by atoms with van der Waals surface area (Å²) in [6, 6.07) is 18.4. The third kappa shape index (κ3) is 8.52. The lowest BCUT2D eigenvalue weighted by Gasteiger charge is -2.30. The maximum absolute atomic E-state index is 14.8. The molecule has 3 fully saturated rings. The normalized spacial score (nSPS) is 27.4. The number of nitrogens with zero attached hydrogens (tertiary/aromatic N) is 2. The molecule has 3 aromatic rings. The maximum Gasteiger partial charge on any atom is 0.259 e. The first-order valence-electron chi connectivity index (χ1n) is 18.7. The zero-order valence-corrected chi connectivity index (χ0v) is 32.2. The number of anilines is 1. The first-order chi connectivity index (χ1) is 25.3. The van der Waals surface area contributed by atoms with Crippen LogP contribution in [0.15, 0.2) is 72.8 Å². The van der Waals surface area contributed by atoms with Crippen LogP contribution in [0.4, 0.5) is 5.13 Å². The minimum Gasteiger partial charge on any atom is -0.371 e. The number of ether oxygens (including phenoxy) is 1. The van der Waals surface area contributed by atoms with Crippen molar-refractivity contribution in [1.82, 2.24) is 19.9 Å². The second kappa shape index (κ2) is 15.0. The molecule has 2 aliphatic heterocycles. The topological polar surface area (TPSA) is 147 Å². The van der Waals surface area contributed by atoms with Gasteiger partial charge in [-0.05, 0) is 64.9 Å². The van der Waals surface area contributed by atoms with Crippen LogP contribution < -0.4 is 15.4 Å². The van der Waals surface area contributed by atoms with Crippen molar-refractivity contribution in [3.8, 4) is 21.7 Å². The molecule has 1 saturated heterocycles. The number of benzene rings is 2. The molecule has 3 heterocycles. The van der Waals surface area contributed by atoms with Gasteiger partial charge in [-0.1, -0.05) is 97.0 Å². The number of sulfonamides is 1. The van der Waals surface area contributed by atoms with Gasteiger partial charge in [0.1, 0.15) is 17.6 Å². The predicted octanol–water partition coefficient (Wildman–Crippen LogP) is 6.05. The molecule has 1 aromatic heterocycles. The van der Waals surface area contributed by atoms with E-state index in [-0.39, 0.29) is 31.2 Å². The summed E-state index contributed by atoms with van der Waals surface area (Å²) in [4.78, 5) is 50.4. The van der Waals surface area contributed by atoms with Crippen molar-refractivity contribution in [2.24, 2.45) is 5.92 Å². The van der Waals surface area contributed by atoms with E-state index in [2.05, 4.69) is 27.5 Å². The van der Waals surface area contributed by atoms with Crippen LogP contribution in [-0.4, -0.2) is 77.1 Å². The summed E-state index contributed by atoms with van der Waals surface area (Å²) in [6.07, 6.45) is 8.91. The zero-order valence-electron chi connectivity index (χ0n) is 30.5. The predicted molar refractivity (Wildman–Crippen MR) is 206 cm³/mol. The first kappa shape index (κ1) is 37.3. The molecule has 0 spiro atoms. The van der Waals surface area contributed by atoms with Crippen LogP contribution in [0, 0.1) is 5.92 Å². The quantitative estimate of drug-likeness (QED) is 0.236. The summed E-state index contributed by atoms with van der Waals surface area (Å²) in [5.74, 6) is -1.80. The van der Waals surface area contributed by atoms with Gasteiger partial charge in [0, 0.05) is 24.4 Å². The number of hydrogen-bond donors (Lipinski definition) is 3. The van der Waals surface area contributed by atoms with E-state index in [9.17, 15) is 22.8 Å². The van der Waals surface area contributed by atoms with Gasteiger partial charge in [0.05, 0.1) is 27.5 Å². The smallest absolute Gasteiger partial charge is 0.259 e. The van der Waals surface area contributed by atoms with E-state index < -0.39 is 56.4 Å². The number of thiazole rings is 1. The summed E-state index contributed by atoms with van der Waals surface area (Å²) in [7, 11) is -3.83. The standard InChI is InChI=1S/C40H49N5O6S2/c1-39(2,3)51-29-23-32-35(46)43-40(37(48)44-53(49,50)30-21-22-30)24-28(40)19-13-5-4-6-14-20-31(36(47)45(32)25-29)41-38-42-33(26-15-9-7-10-16-26)34(52-38)27-17-11-8-12-18-27/h7-13,15-19,28-32H,4-6,14,20-25H2,1-3H3,(H,41,42)(H,43,46)(H,44,48)/b19-13-/t28-,29+,31-,32-,40-/m0/s1. The lowest BCUT2D eigenvalue weighted by molar-refractivity contribution is -0.140. The molecule has 2 aliphatic carbocycles. The van der Waals surface area contributed by atoms with Crippen molar-refractivity contribution < 1.29 is 27.5 Å². The molecule has 2 aromatic carbocycles. The molecule has 7 rings (SSSR count). The Bertz CT molecular complexity index is 1900. The molecule has 3 amide bonds. The molecular formula is C40H49N5O6S2. The highest BCUT2D eigenvalue weighted by atomic mass is 32.2. The largest absolute Gasteiger partial charge is 0.371 e. The molecule has 0 bridgehead atoms. The SMILES string of the molecule is CC(C)(C)O[C@@H]1C[C@H]2C(=O)N[C@@]3(C(=O)NS(=O)(=O)C4CC4)C[C@@H]3/C=C\CCCCC[C@H](Nc3nc(-c4ccccc4)c(-c4ccccc4)s3)C(=O)N2C1. The van der Waals surface area contributed by atoms with Gasteiger partial charge in [0.25, 0.3) is 5.91 Å². The number of hydrogen-bond acceptors (Lipinski definition) is 9. The Morgan fingerprint density at radius 2 is 1.68 bits per heavy atom. The molecule has 13 heteroatoms. The number of amides is 3. The number of allylic oxidation sites excluding steroid dienone is 1. The van der Waals surface area contributed by atoms with Crippen molar-refractivity contribution in [3.05, 3.63) is 72.8 Å². The third-order valence-corrected chi connectivity index (χ3v) is 13.2. The first-order valence-corrected chi connectivity index (χ1v) is 21.1. The van der Waals surface area contributed by atoms with Gasteiger partial charge in [-0.2, -0.15) is 0 Å². The second-order valence-corrected chi connectivity index (χ2v) is 18.7. The van der Waals surface area contributed by atoms with E-state index >= 15 is 0 Å². The van der Waals surface area contributed by atoms with Crippen molar-refractivity contribution in [1.29, 1.82) is 0 Å². The number of carbonyl (C=O) groups excluding carboxylic acids is 3. The number of rotatable bonds is 8. The highest BCUT2D eigenvalue weighted by Gasteiger charge is 2.62. The van der Waals surface area contributed by atoms with Gasteiger partial charge in [-0.15, -0.1) is 0 Å². The average molecular weight is 760 g/mol. The fraction of sp³-hybridized carbons (Fsp3) is 0.500. The third-order valence-electron chi connectivity index (χ3n) is 10.4. The van der Waals surface area contributed by atoms with Crippen LogP contribution in [0.2, 0.25) is 0 Å². The van der Waals surface area contributed by atoms with Gasteiger partial charge < -0.3 is 20.3 Å². The Kier molecular flexibility index (Phi) is 10.5. The molecule has 53 heavy (non-hydrogen) atoms. The van der Waals surface area contributed by atoms with Crippen molar-refractivity contribution in [2.45, 2.75) is 113 Å². The monoisotopic (exact) mass is 759 g/mol. The van der Waals surface area contributed by atoms with E-state index in [1.807, 2.05) is 81.5 Å². The fourth-order valence-corrected chi connectivity index (χ4v) is 9.86. The Morgan fingerprint density at radius 3 is 2.36 bits per heavy atom. The van der Waals surface area contributed by atoms with Crippen molar-refractivity contribution in [2.75, 3.05) is 11.9 Å². The Labute approximate surface area is 316 Å². The van der Waals surface area contributed by atoms with E-state index in [4.69, 9.17) is 9.72 Å². The van der Waals surface area contributed by atoms with Gasteiger partial charge in [0.2, 0.25) is 21.8 Å². The molecular weight excluding hydrogens is 711 g/mol.